The van der Waals surface area contributed by atoms with E-state index in [-0.39, 0.29) is 10.0 Å². The van der Waals surface area contributed by atoms with Gasteiger partial charge in [0.15, 0.2) is 5.82 Å². The highest BCUT2D eigenvalue weighted by Gasteiger charge is 2.11. The quantitative estimate of drug-likeness (QED) is 0.458. The fourth-order valence-electron chi connectivity index (χ4n) is 1.66. The largest absolute Gasteiger partial charge is 0.340 e. The maximum absolute atomic E-state index is 13.4. The van der Waals surface area contributed by atoms with Gasteiger partial charge in [-0.15, -0.1) is 0 Å². The summed E-state index contributed by atoms with van der Waals surface area (Å²) in [5, 5.41) is 2.88. The van der Waals surface area contributed by atoms with Crippen LogP contribution >= 0.6 is 23.2 Å². The molecule has 0 atom stereocenters. The molecular weight excluding hydrogens is 304 g/mol. The van der Waals surface area contributed by atoms with Crippen molar-refractivity contribution in [2.24, 2.45) is 5.84 Å². The number of rotatable bonds is 3. The lowest BCUT2D eigenvalue weighted by atomic mass is 10.2. The average molecular weight is 316 g/mol. The van der Waals surface area contributed by atoms with E-state index in [1.807, 2.05) is 0 Å². The van der Waals surface area contributed by atoms with E-state index in [1.54, 1.807) is 13.8 Å². The Hall–Kier alpha value is -1.63. The lowest BCUT2D eigenvalue weighted by molar-refractivity contribution is 0.629. The van der Waals surface area contributed by atoms with E-state index in [0.717, 1.165) is 5.56 Å². The lowest BCUT2D eigenvalue weighted by Crippen LogP contribution is -2.13. The molecule has 8 heteroatoms. The molecule has 0 radical (unpaired) electrons. The summed E-state index contributed by atoms with van der Waals surface area (Å²) in [6.45, 7) is 3.53. The Morgan fingerprint density at radius 1 is 1.10 bits per heavy atom. The van der Waals surface area contributed by atoms with Crippen LogP contribution in [0, 0.1) is 19.7 Å². The number of nitrogens with two attached hydrogens (primary N) is 1. The van der Waals surface area contributed by atoms with Gasteiger partial charge in [-0.3, -0.25) is 0 Å². The fraction of sp³-hybridized carbons (Fsp3) is 0.167. The van der Waals surface area contributed by atoms with Gasteiger partial charge >= 0.3 is 0 Å². The molecule has 0 saturated carbocycles. The van der Waals surface area contributed by atoms with Gasteiger partial charge in [-0.25, -0.2) is 20.2 Å². The van der Waals surface area contributed by atoms with Gasteiger partial charge in [0.05, 0.1) is 10.0 Å². The van der Waals surface area contributed by atoms with Gasteiger partial charge in [0.2, 0.25) is 0 Å². The topological polar surface area (TPSA) is 75.9 Å². The van der Waals surface area contributed by atoms with Crippen LogP contribution in [0.4, 0.5) is 21.7 Å². The zero-order valence-corrected chi connectivity index (χ0v) is 12.3. The molecule has 0 spiro atoms. The molecule has 106 valence electrons. The van der Waals surface area contributed by atoms with Crippen LogP contribution in [-0.4, -0.2) is 9.97 Å². The molecule has 1 aromatic carbocycles. The second kappa shape index (κ2) is 5.78. The summed E-state index contributed by atoms with van der Waals surface area (Å²) in [4.78, 5) is 8.40. The van der Waals surface area contributed by atoms with Gasteiger partial charge in [-0.05, 0) is 26.0 Å². The zero-order valence-electron chi connectivity index (χ0n) is 10.8. The van der Waals surface area contributed by atoms with E-state index in [2.05, 4.69) is 20.7 Å². The molecule has 0 aliphatic heterocycles. The van der Waals surface area contributed by atoms with Crippen molar-refractivity contribution in [2.75, 3.05) is 10.7 Å². The number of hydrogen-bond donors (Lipinski definition) is 3. The second-order valence-corrected chi connectivity index (χ2v) is 4.93. The summed E-state index contributed by atoms with van der Waals surface area (Å²) < 4.78 is 13.4. The summed E-state index contributed by atoms with van der Waals surface area (Å²) in [7, 11) is 0. The number of halogens is 3. The molecule has 2 aromatic rings. The molecule has 5 nitrogen and oxygen atoms in total. The van der Waals surface area contributed by atoms with Gasteiger partial charge in [0.25, 0.3) is 0 Å². The van der Waals surface area contributed by atoms with Crippen LogP contribution < -0.4 is 16.6 Å². The van der Waals surface area contributed by atoms with E-state index in [0.29, 0.717) is 23.1 Å². The third kappa shape index (κ3) is 2.92. The van der Waals surface area contributed by atoms with E-state index >= 15 is 0 Å². The molecular formula is C12H12Cl2FN5. The van der Waals surface area contributed by atoms with Crippen molar-refractivity contribution in [3.8, 4) is 0 Å². The highest BCUT2D eigenvalue weighted by atomic mass is 35.5. The highest BCUT2D eigenvalue weighted by Crippen LogP contribution is 2.30. The number of hydrogen-bond acceptors (Lipinski definition) is 5. The van der Waals surface area contributed by atoms with Crippen LogP contribution in [0.1, 0.15) is 11.4 Å². The van der Waals surface area contributed by atoms with Crippen molar-refractivity contribution in [3.05, 3.63) is 39.4 Å². The summed E-state index contributed by atoms with van der Waals surface area (Å²) >= 11 is 11.5. The molecule has 1 heterocycles. The van der Waals surface area contributed by atoms with E-state index < -0.39 is 5.82 Å². The molecule has 0 amide bonds. The standard InChI is InChI=1S/C12H12Cl2FN5/c1-5-11(17-6(2)18-12(5)20-16)19-7-3-8(13)10(15)9(14)4-7/h3-4H,16H2,1-2H3,(H2,17,18,19,20). The van der Waals surface area contributed by atoms with Crippen LogP contribution in [0.5, 0.6) is 0 Å². The second-order valence-electron chi connectivity index (χ2n) is 4.12. The maximum atomic E-state index is 13.4. The Morgan fingerprint density at radius 2 is 1.65 bits per heavy atom. The van der Waals surface area contributed by atoms with Gasteiger partial charge < -0.3 is 10.7 Å². The predicted molar refractivity (Wildman–Crippen MR) is 79.0 cm³/mol. The first-order valence-corrected chi connectivity index (χ1v) is 6.41. The van der Waals surface area contributed by atoms with Crippen molar-refractivity contribution >= 4 is 40.5 Å². The Kier molecular flexibility index (Phi) is 4.27. The fourth-order valence-corrected chi connectivity index (χ4v) is 2.14. The number of nitrogen functional groups attached to an aromatic ring is 1. The van der Waals surface area contributed by atoms with Crippen LogP contribution in [0.25, 0.3) is 0 Å². The van der Waals surface area contributed by atoms with Gasteiger partial charge in [-0.1, -0.05) is 23.2 Å². The molecule has 0 fully saturated rings. The Balaban J connectivity index is 2.42. The summed E-state index contributed by atoms with van der Waals surface area (Å²) in [5.41, 5.74) is 3.73. The number of benzene rings is 1. The zero-order chi connectivity index (χ0) is 14.9. The Labute approximate surface area is 125 Å². The van der Waals surface area contributed by atoms with E-state index in [4.69, 9.17) is 29.0 Å². The van der Waals surface area contributed by atoms with Crippen LogP contribution in [0.2, 0.25) is 10.0 Å². The molecule has 20 heavy (non-hydrogen) atoms. The molecule has 0 bridgehead atoms. The van der Waals surface area contributed by atoms with Gasteiger partial charge in [-0.2, -0.15) is 0 Å². The van der Waals surface area contributed by atoms with Crippen molar-refractivity contribution in [1.29, 1.82) is 0 Å². The summed E-state index contributed by atoms with van der Waals surface area (Å²) in [6.07, 6.45) is 0. The first-order valence-electron chi connectivity index (χ1n) is 5.65. The molecule has 0 unspecified atom stereocenters. The molecule has 2 rings (SSSR count). The van der Waals surface area contributed by atoms with Gasteiger partial charge in [0.1, 0.15) is 17.5 Å². The van der Waals surface area contributed by atoms with E-state index in [9.17, 15) is 4.39 Å². The predicted octanol–water partition coefficient (Wildman–Crippen LogP) is 3.57. The Bertz CT molecular complexity index is 640. The minimum atomic E-state index is -0.654. The minimum absolute atomic E-state index is 0.0689. The van der Waals surface area contributed by atoms with Crippen molar-refractivity contribution in [3.63, 3.8) is 0 Å². The molecule has 0 aliphatic carbocycles. The van der Waals surface area contributed by atoms with Crippen molar-refractivity contribution in [1.82, 2.24) is 9.97 Å². The molecule has 1 aromatic heterocycles. The lowest BCUT2D eigenvalue weighted by Gasteiger charge is -2.13. The summed E-state index contributed by atoms with van der Waals surface area (Å²) in [5.74, 6) is 6.30. The number of hydrazine groups is 1. The normalized spacial score (nSPS) is 10.5. The van der Waals surface area contributed by atoms with Crippen molar-refractivity contribution < 1.29 is 4.39 Å². The number of nitrogens with one attached hydrogen (secondary N) is 2. The third-order valence-electron chi connectivity index (χ3n) is 2.64. The van der Waals surface area contributed by atoms with Crippen LogP contribution in [0.3, 0.4) is 0 Å². The highest BCUT2D eigenvalue weighted by molar-refractivity contribution is 6.35. The number of aromatic nitrogens is 2. The monoisotopic (exact) mass is 315 g/mol. The first kappa shape index (κ1) is 14.8. The number of nitrogens with zero attached hydrogens (tertiary/aromatic N) is 2. The molecule has 4 N–H and O–H groups in total. The summed E-state index contributed by atoms with van der Waals surface area (Å²) in [6, 6.07) is 2.85. The minimum Gasteiger partial charge on any atom is -0.340 e. The van der Waals surface area contributed by atoms with E-state index in [1.165, 1.54) is 12.1 Å². The van der Waals surface area contributed by atoms with Gasteiger partial charge in [0, 0.05) is 11.3 Å². The molecule has 0 aliphatic rings. The first-order chi connectivity index (χ1) is 9.42. The maximum Gasteiger partial charge on any atom is 0.160 e. The third-order valence-corrected chi connectivity index (χ3v) is 3.19. The number of anilines is 3. The Morgan fingerprint density at radius 3 is 2.20 bits per heavy atom. The smallest absolute Gasteiger partial charge is 0.160 e. The molecule has 0 saturated heterocycles. The van der Waals surface area contributed by atoms with Crippen LogP contribution in [-0.2, 0) is 0 Å². The average Bonchev–Trinajstić information content (AvgIpc) is 2.39. The van der Waals surface area contributed by atoms with Crippen LogP contribution in [0.15, 0.2) is 12.1 Å². The SMILES string of the molecule is Cc1nc(NN)c(C)c(Nc2cc(Cl)c(F)c(Cl)c2)n1. The van der Waals surface area contributed by atoms with Crippen molar-refractivity contribution in [2.45, 2.75) is 13.8 Å². The number of aryl methyl sites for hydroxylation is 1.